The third kappa shape index (κ3) is 3.70. The molecular formula is C29H28N4O10. The van der Waals surface area contributed by atoms with Gasteiger partial charge in [-0.2, -0.15) is 0 Å². The summed E-state index contributed by atoms with van der Waals surface area (Å²) in [6, 6.07) is 10.6. The van der Waals surface area contributed by atoms with E-state index in [1.165, 1.54) is 16.7 Å². The number of H-pyrrole nitrogens is 1. The number of hydrazine groups is 1. The van der Waals surface area contributed by atoms with Crippen LogP contribution in [0.2, 0.25) is 0 Å². The normalized spacial score (nSPS) is 24.4. The lowest BCUT2D eigenvalue weighted by Gasteiger charge is -2.41. The zero-order chi connectivity index (χ0) is 30.3. The molecule has 2 aromatic heterocycles. The number of hydrogen-bond acceptors (Lipinski definition) is 11. The number of carbonyl (C=O) groups excluding carboxylic acids is 2. The summed E-state index contributed by atoms with van der Waals surface area (Å²) in [6.07, 6.45) is -7.72. The molecule has 43 heavy (non-hydrogen) atoms. The van der Waals surface area contributed by atoms with Crippen LogP contribution in [-0.4, -0.2) is 112 Å². The van der Waals surface area contributed by atoms with Crippen LogP contribution in [-0.2, 0) is 4.74 Å². The number of hydrogen-bond donors (Lipinski definition) is 9. The number of amides is 2. The number of aromatic amines is 1. The predicted molar refractivity (Wildman–Crippen MR) is 151 cm³/mol. The summed E-state index contributed by atoms with van der Waals surface area (Å²) in [6.45, 7) is -1.82. The molecule has 1 saturated heterocycles. The molecule has 2 amide bonds. The van der Waals surface area contributed by atoms with Gasteiger partial charge in [0.25, 0.3) is 11.8 Å². The largest absolute Gasteiger partial charge is 0.507 e. The Balaban J connectivity index is 1.65. The van der Waals surface area contributed by atoms with Gasteiger partial charge in [-0.3, -0.25) is 9.59 Å². The SMILES string of the molecule is O=C1c2c(c3c4c(O)cccc4n([C@@H]4O[C@H](CO)[C@@H](O)[C@H](O)[C@H]4O)c3c3[nH]c4ccccc4c23)C(=O)N1NC(CO)CO. The summed E-state index contributed by atoms with van der Waals surface area (Å²) >= 11 is 0. The van der Waals surface area contributed by atoms with Gasteiger partial charge in [-0.1, -0.05) is 24.3 Å². The van der Waals surface area contributed by atoms with Crippen LogP contribution in [0.15, 0.2) is 42.5 Å². The molecule has 3 aromatic carbocycles. The number of aromatic hydroxyl groups is 1. The molecule has 5 aromatic rings. The number of ether oxygens (including phenoxy) is 1. The summed E-state index contributed by atoms with van der Waals surface area (Å²) in [5, 5.41) is 74.6. The second-order valence-corrected chi connectivity index (χ2v) is 10.8. The van der Waals surface area contributed by atoms with Crippen molar-refractivity contribution in [1.29, 1.82) is 0 Å². The van der Waals surface area contributed by atoms with Crippen molar-refractivity contribution in [1.82, 2.24) is 20.0 Å². The third-order valence-electron chi connectivity index (χ3n) is 8.41. The van der Waals surface area contributed by atoms with Crippen LogP contribution in [0.3, 0.4) is 0 Å². The zero-order valence-electron chi connectivity index (χ0n) is 22.4. The fraction of sp³-hybridized carbons (Fsp3) is 0.310. The van der Waals surface area contributed by atoms with Crippen molar-refractivity contribution in [2.75, 3.05) is 19.8 Å². The summed E-state index contributed by atoms with van der Waals surface area (Å²) in [5.74, 6) is -1.80. The highest BCUT2D eigenvalue weighted by Gasteiger charge is 2.47. The molecule has 14 heteroatoms. The van der Waals surface area contributed by atoms with Crippen LogP contribution in [0, 0.1) is 0 Å². The second kappa shape index (κ2) is 9.97. The molecule has 14 nitrogen and oxygen atoms in total. The highest BCUT2D eigenvalue weighted by atomic mass is 16.6. The van der Waals surface area contributed by atoms with Gasteiger partial charge >= 0.3 is 0 Å². The summed E-state index contributed by atoms with van der Waals surface area (Å²) in [4.78, 5) is 31.3. The van der Waals surface area contributed by atoms with Crippen molar-refractivity contribution in [3.05, 3.63) is 53.6 Å². The maximum atomic E-state index is 14.1. The lowest BCUT2D eigenvalue weighted by molar-refractivity contribution is -0.249. The molecule has 0 unspecified atom stereocenters. The van der Waals surface area contributed by atoms with Crippen LogP contribution < -0.4 is 5.43 Å². The molecule has 2 aliphatic heterocycles. The molecule has 2 aliphatic rings. The van der Waals surface area contributed by atoms with E-state index in [1.807, 2.05) is 0 Å². The van der Waals surface area contributed by atoms with E-state index < -0.39 is 68.3 Å². The Kier molecular flexibility index (Phi) is 6.42. The molecule has 7 rings (SSSR count). The van der Waals surface area contributed by atoms with E-state index in [-0.39, 0.29) is 38.7 Å². The predicted octanol–water partition coefficient (Wildman–Crippen LogP) is -0.439. The number of aliphatic hydroxyl groups excluding tert-OH is 6. The molecule has 4 heterocycles. The van der Waals surface area contributed by atoms with Gasteiger partial charge in [-0.15, -0.1) is 0 Å². The van der Waals surface area contributed by atoms with Gasteiger partial charge in [0.05, 0.1) is 58.9 Å². The number of aliphatic hydroxyl groups is 6. The van der Waals surface area contributed by atoms with Crippen molar-refractivity contribution < 1.29 is 50.1 Å². The van der Waals surface area contributed by atoms with Crippen molar-refractivity contribution in [2.24, 2.45) is 0 Å². The first-order chi connectivity index (χ1) is 20.7. The minimum Gasteiger partial charge on any atom is -0.507 e. The molecule has 0 aliphatic carbocycles. The molecule has 9 N–H and O–H groups in total. The zero-order valence-corrected chi connectivity index (χ0v) is 22.4. The minimum atomic E-state index is -1.72. The molecule has 0 saturated carbocycles. The number of rotatable bonds is 6. The molecule has 224 valence electrons. The highest BCUT2D eigenvalue weighted by Crippen LogP contribution is 2.48. The number of carbonyl (C=O) groups is 2. The van der Waals surface area contributed by atoms with Crippen LogP contribution in [0.4, 0.5) is 0 Å². The Labute approximate surface area is 241 Å². The average molecular weight is 593 g/mol. The standard InChI is InChI=1S/C29H28N4O10/c34-8-11(9-35)31-33-27(41)20-17-12-4-1-2-5-13(12)30-22(17)23-19(21(20)28(33)42)18-14(6-3-7-15(18)37)32(23)29-26(40)25(39)24(38)16(10-36)43-29/h1-7,11,16,24-26,29-31,34-40H,8-10H2/t16-,24-,25+,26-,29-/m1/s1. The molecule has 0 radical (unpaired) electrons. The van der Waals surface area contributed by atoms with Crippen LogP contribution >= 0.6 is 0 Å². The second-order valence-electron chi connectivity index (χ2n) is 10.8. The summed E-state index contributed by atoms with van der Waals surface area (Å²) < 4.78 is 7.43. The number of para-hydroxylation sites is 1. The van der Waals surface area contributed by atoms with Crippen molar-refractivity contribution in [3.63, 3.8) is 0 Å². The Morgan fingerprint density at radius 3 is 2.26 bits per heavy atom. The smallest absolute Gasteiger partial charge is 0.276 e. The lowest BCUT2D eigenvalue weighted by atomic mass is 9.96. The number of phenolic OH excluding ortho intramolecular Hbond substituents is 1. The first kappa shape index (κ1) is 27.7. The molecule has 0 spiro atoms. The number of nitrogens with zero attached hydrogens (tertiary/aromatic N) is 2. The van der Waals surface area contributed by atoms with Gasteiger partial charge in [-0.25, -0.2) is 10.4 Å². The first-order valence-corrected chi connectivity index (χ1v) is 13.6. The Hall–Kier alpha value is -4.12. The number of imide groups is 1. The summed E-state index contributed by atoms with van der Waals surface area (Å²) in [5.41, 5.74) is 4.01. The monoisotopic (exact) mass is 592 g/mol. The molecule has 0 bridgehead atoms. The van der Waals surface area contributed by atoms with E-state index >= 15 is 0 Å². The lowest BCUT2D eigenvalue weighted by Crippen LogP contribution is -2.56. The van der Waals surface area contributed by atoms with E-state index in [1.54, 1.807) is 30.3 Å². The highest BCUT2D eigenvalue weighted by molar-refractivity contribution is 6.39. The van der Waals surface area contributed by atoms with Crippen LogP contribution in [0.5, 0.6) is 5.75 Å². The van der Waals surface area contributed by atoms with E-state index in [0.717, 1.165) is 5.01 Å². The van der Waals surface area contributed by atoms with Crippen molar-refractivity contribution in [2.45, 2.75) is 36.7 Å². The molecule has 1 fully saturated rings. The third-order valence-corrected chi connectivity index (χ3v) is 8.41. The quantitative estimate of drug-likeness (QED) is 0.115. The Bertz CT molecular complexity index is 1940. The molecular weight excluding hydrogens is 564 g/mol. The van der Waals surface area contributed by atoms with Gasteiger partial charge in [0.2, 0.25) is 0 Å². The Morgan fingerprint density at radius 1 is 0.860 bits per heavy atom. The number of fused-ring (bicyclic) bond motifs is 10. The van der Waals surface area contributed by atoms with Crippen molar-refractivity contribution >= 4 is 55.4 Å². The number of aromatic nitrogens is 2. The van der Waals surface area contributed by atoms with Gasteiger partial charge < -0.3 is 50.0 Å². The Morgan fingerprint density at radius 2 is 1.56 bits per heavy atom. The van der Waals surface area contributed by atoms with Gasteiger partial charge in [-0.05, 0) is 18.2 Å². The van der Waals surface area contributed by atoms with Crippen LogP contribution in [0.25, 0.3) is 43.6 Å². The summed E-state index contributed by atoms with van der Waals surface area (Å²) in [7, 11) is 0. The fourth-order valence-electron chi connectivity index (χ4n) is 6.40. The maximum absolute atomic E-state index is 14.1. The number of phenols is 1. The number of benzene rings is 3. The van der Waals surface area contributed by atoms with Gasteiger partial charge in [0.1, 0.15) is 30.2 Å². The average Bonchev–Trinajstić information content (AvgIpc) is 3.63. The van der Waals surface area contributed by atoms with E-state index in [0.29, 0.717) is 21.8 Å². The topological polar surface area (TPSA) is 221 Å². The van der Waals surface area contributed by atoms with E-state index in [9.17, 15) is 45.3 Å². The maximum Gasteiger partial charge on any atom is 0.276 e. The fourth-order valence-corrected chi connectivity index (χ4v) is 6.40. The molecule has 5 atom stereocenters. The van der Waals surface area contributed by atoms with Crippen LogP contribution in [0.1, 0.15) is 26.9 Å². The van der Waals surface area contributed by atoms with Gasteiger partial charge in [0.15, 0.2) is 6.23 Å². The first-order valence-electron chi connectivity index (χ1n) is 13.6. The van der Waals surface area contributed by atoms with E-state index in [2.05, 4.69) is 10.4 Å². The van der Waals surface area contributed by atoms with Gasteiger partial charge in [0, 0.05) is 21.7 Å². The minimum absolute atomic E-state index is 0.0168. The van der Waals surface area contributed by atoms with Crippen molar-refractivity contribution in [3.8, 4) is 5.75 Å². The van der Waals surface area contributed by atoms with E-state index in [4.69, 9.17) is 4.74 Å². The number of nitrogens with one attached hydrogen (secondary N) is 2.